The van der Waals surface area contributed by atoms with Crippen molar-refractivity contribution < 1.29 is 0 Å². The third-order valence-corrected chi connectivity index (χ3v) is 6.05. The van der Waals surface area contributed by atoms with Crippen LogP contribution >= 0.6 is 12.2 Å². The molecule has 29 heavy (non-hydrogen) atoms. The Balaban J connectivity index is 1.90. The molecule has 1 aromatic carbocycles. The molecule has 0 bridgehead atoms. The first kappa shape index (κ1) is 19.6. The van der Waals surface area contributed by atoms with Crippen molar-refractivity contribution in [1.82, 2.24) is 14.9 Å². The predicted octanol–water partition coefficient (Wildman–Crippen LogP) is 5.57. The van der Waals surface area contributed by atoms with E-state index in [9.17, 15) is 0 Å². The van der Waals surface area contributed by atoms with E-state index in [0.29, 0.717) is 6.04 Å². The summed E-state index contributed by atoms with van der Waals surface area (Å²) in [5.41, 5.74) is 7.19. The Labute approximate surface area is 178 Å². The second kappa shape index (κ2) is 7.64. The summed E-state index contributed by atoms with van der Waals surface area (Å²) >= 11 is 5.83. The number of rotatable bonds is 4. The number of anilines is 1. The molecule has 1 N–H and O–H groups in total. The Hall–Kier alpha value is -2.66. The number of hydrogen-bond donors (Lipinski definition) is 1. The molecule has 0 amide bonds. The van der Waals surface area contributed by atoms with Crippen LogP contribution in [0.5, 0.6) is 0 Å². The Morgan fingerprint density at radius 1 is 1.03 bits per heavy atom. The van der Waals surface area contributed by atoms with E-state index in [-0.39, 0.29) is 12.1 Å². The molecule has 0 unspecified atom stereocenters. The van der Waals surface area contributed by atoms with Gasteiger partial charge in [0.25, 0.3) is 0 Å². The van der Waals surface area contributed by atoms with Crippen molar-refractivity contribution in [3.63, 3.8) is 0 Å². The number of nitrogens with one attached hydrogen (secondary N) is 1. The molecule has 1 aliphatic heterocycles. The van der Waals surface area contributed by atoms with Gasteiger partial charge in [-0.1, -0.05) is 18.2 Å². The van der Waals surface area contributed by atoms with Crippen molar-refractivity contribution in [1.29, 1.82) is 0 Å². The third-order valence-electron chi connectivity index (χ3n) is 5.74. The Kier molecular flexibility index (Phi) is 5.17. The van der Waals surface area contributed by atoms with Crippen LogP contribution in [0.1, 0.15) is 60.2 Å². The topological polar surface area (TPSA) is 33.1 Å². The van der Waals surface area contributed by atoms with E-state index in [1.165, 1.54) is 22.5 Å². The fraction of sp³-hybridized carbons (Fsp3) is 0.333. The van der Waals surface area contributed by atoms with Crippen molar-refractivity contribution >= 4 is 23.0 Å². The average molecular weight is 405 g/mol. The van der Waals surface area contributed by atoms with Gasteiger partial charge in [0.1, 0.15) is 0 Å². The number of hydrogen-bond acceptors (Lipinski definition) is 2. The Morgan fingerprint density at radius 3 is 2.45 bits per heavy atom. The van der Waals surface area contributed by atoms with E-state index >= 15 is 0 Å². The minimum absolute atomic E-state index is 0.00896. The van der Waals surface area contributed by atoms with Gasteiger partial charge in [0, 0.05) is 29.3 Å². The molecular formula is C24H28N4S. The van der Waals surface area contributed by atoms with E-state index < -0.39 is 0 Å². The molecule has 3 aromatic rings. The maximum atomic E-state index is 5.83. The minimum atomic E-state index is -0.00896. The summed E-state index contributed by atoms with van der Waals surface area (Å²) in [6.45, 7) is 11.0. The second-order valence-electron chi connectivity index (χ2n) is 8.13. The summed E-state index contributed by atoms with van der Waals surface area (Å²) in [6.07, 6.45) is 1.85. The molecule has 0 spiro atoms. The van der Waals surface area contributed by atoms with Crippen molar-refractivity contribution in [3.05, 3.63) is 82.9 Å². The largest absolute Gasteiger partial charge is 0.351 e. The maximum Gasteiger partial charge on any atom is 0.174 e. The Bertz CT molecular complexity index is 1040. The highest BCUT2D eigenvalue weighted by atomic mass is 32.1. The predicted molar refractivity (Wildman–Crippen MR) is 123 cm³/mol. The summed E-state index contributed by atoms with van der Waals surface area (Å²) < 4.78 is 2.40. The molecule has 2 atom stereocenters. The number of aryl methyl sites for hydroxylation is 2. The van der Waals surface area contributed by atoms with Crippen LogP contribution in [0.4, 0.5) is 5.69 Å². The van der Waals surface area contributed by atoms with Crippen LogP contribution in [0.2, 0.25) is 0 Å². The number of nitrogens with zero attached hydrogens (tertiary/aromatic N) is 3. The zero-order valence-electron chi connectivity index (χ0n) is 17.7. The summed E-state index contributed by atoms with van der Waals surface area (Å²) in [5.74, 6) is 0. The summed E-state index contributed by atoms with van der Waals surface area (Å²) in [7, 11) is 0. The zero-order chi connectivity index (χ0) is 20.7. The van der Waals surface area contributed by atoms with Gasteiger partial charge in [-0.05, 0) is 88.3 Å². The molecule has 2 aromatic heterocycles. The SMILES string of the molecule is Cc1cccc(N2C(=S)N[C@H](c3ccccn3)[C@@H]2c2cc(C)n(C(C)C)c2C)c1. The van der Waals surface area contributed by atoms with Crippen molar-refractivity contribution in [2.24, 2.45) is 0 Å². The highest BCUT2D eigenvalue weighted by Crippen LogP contribution is 2.43. The van der Waals surface area contributed by atoms with E-state index in [1.54, 1.807) is 0 Å². The highest BCUT2D eigenvalue weighted by molar-refractivity contribution is 7.80. The zero-order valence-corrected chi connectivity index (χ0v) is 18.5. The fourth-order valence-electron chi connectivity index (χ4n) is 4.62. The minimum Gasteiger partial charge on any atom is -0.351 e. The van der Waals surface area contributed by atoms with Gasteiger partial charge in [0.15, 0.2) is 5.11 Å². The molecule has 3 heterocycles. The molecule has 4 nitrogen and oxygen atoms in total. The van der Waals surface area contributed by atoms with Gasteiger partial charge >= 0.3 is 0 Å². The number of pyridine rings is 1. The molecule has 5 heteroatoms. The molecule has 0 aliphatic carbocycles. The molecule has 1 aliphatic rings. The normalized spacial score (nSPS) is 19.1. The number of benzene rings is 1. The van der Waals surface area contributed by atoms with Crippen LogP contribution in [0, 0.1) is 20.8 Å². The Morgan fingerprint density at radius 2 is 1.83 bits per heavy atom. The van der Waals surface area contributed by atoms with Gasteiger partial charge in [-0.3, -0.25) is 4.98 Å². The van der Waals surface area contributed by atoms with Gasteiger partial charge in [-0.2, -0.15) is 0 Å². The lowest BCUT2D eigenvalue weighted by Gasteiger charge is -2.28. The number of aromatic nitrogens is 2. The van der Waals surface area contributed by atoms with Gasteiger partial charge in [0.2, 0.25) is 0 Å². The first-order valence-electron chi connectivity index (χ1n) is 10.1. The second-order valence-corrected chi connectivity index (χ2v) is 8.51. The fourth-order valence-corrected chi connectivity index (χ4v) is 4.97. The average Bonchev–Trinajstić information content (AvgIpc) is 3.18. The van der Waals surface area contributed by atoms with Gasteiger partial charge in [-0.25, -0.2) is 0 Å². The summed E-state index contributed by atoms with van der Waals surface area (Å²) in [4.78, 5) is 6.91. The first-order chi connectivity index (χ1) is 13.9. The van der Waals surface area contributed by atoms with Gasteiger partial charge < -0.3 is 14.8 Å². The lowest BCUT2D eigenvalue weighted by molar-refractivity contribution is 0.547. The smallest absolute Gasteiger partial charge is 0.174 e. The molecule has 4 rings (SSSR count). The summed E-state index contributed by atoms with van der Waals surface area (Å²) in [6, 6.07) is 17.4. The van der Waals surface area contributed by atoms with Crippen LogP contribution in [0.25, 0.3) is 0 Å². The molecular weight excluding hydrogens is 376 g/mol. The van der Waals surface area contributed by atoms with E-state index in [1.807, 2.05) is 18.3 Å². The van der Waals surface area contributed by atoms with Crippen LogP contribution in [-0.4, -0.2) is 14.7 Å². The van der Waals surface area contributed by atoms with Gasteiger partial charge in [-0.15, -0.1) is 0 Å². The van der Waals surface area contributed by atoms with Crippen LogP contribution in [-0.2, 0) is 0 Å². The van der Waals surface area contributed by atoms with Crippen molar-refractivity contribution in [3.8, 4) is 0 Å². The molecule has 150 valence electrons. The highest BCUT2D eigenvalue weighted by Gasteiger charge is 2.42. The molecule has 0 saturated carbocycles. The van der Waals surface area contributed by atoms with Crippen molar-refractivity contribution in [2.75, 3.05) is 4.90 Å². The standard InChI is InChI=1S/C24H28N4S/c1-15(2)27-17(4)14-20(18(27)5)23-22(21-11-6-7-12-25-21)26-24(29)28(23)19-10-8-9-16(3)13-19/h6-15,22-23H,1-5H3,(H,26,29)/t22-,23+/m1/s1. The molecule has 0 radical (unpaired) electrons. The lowest BCUT2D eigenvalue weighted by Crippen LogP contribution is -2.29. The van der Waals surface area contributed by atoms with Crippen LogP contribution < -0.4 is 10.2 Å². The maximum absolute atomic E-state index is 5.83. The van der Waals surface area contributed by atoms with E-state index in [4.69, 9.17) is 12.2 Å². The monoisotopic (exact) mass is 404 g/mol. The third kappa shape index (κ3) is 3.44. The van der Waals surface area contributed by atoms with Crippen molar-refractivity contribution in [2.45, 2.75) is 52.7 Å². The van der Waals surface area contributed by atoms with Crippen LogP contribution in [0.15, 0.2) is 54.7 Å². The quantitative estimate of drug-likeness (QED) is 0.577. The summed E-state index contributed by atoms with van der Waals surface area (Å²) in [5, 5.41) is 4.30. The number of thiocarbonyl (C=S) groups is 1. The van der Waals surface area contributed by atoms with Gasteiger partial charge in [0.05, 0.1) is 17.8 Å². The van der Waals surface area contributed by atoms with E-state index in [2.05, 4.69) is 90.8 Å². The molecule has 1 fully saturated rings. The van der Waals surface area contributed by atoms with Crippen LogP contribution in [0.3, 0.4) is 0 Å². The first-order valence-corrected chi connectivity index (χ1v) is 10.5. The lowest BCUT2D eigenvalue weighted by atomic mass is 9.96. The molecule has 1 saturated heterocycles. The van der Waals surface area contributed by atoms with E-state index in [0.717, 1.165) is 16.5 Å².